The summed E-state index contributed by atoms with van der Waals surface area (Å²) in [7, 11) is 0. The molecule has 4 nitrogen and oxygen atoms in total. The van der Waals surface area contributed by atoms with Gasteiger partial charge >= 0.3 is 0 Å². The minimum Gasteiger partial charge on any atom is -0.399 e. The van der Waals surface area contributed by atoms with Crippen molar-refractivity contribution in [1.29, 1.82) is 0 Å². The van der Waals surface area contributed by atoms with Gasteiger partial charge in [-0.25, -0.2) is 9.97 Å². The van der Waals surface area contributed by atoms with Gasteiger partial charge in [0.15, 0.2) is 0 Å². The molecule has 0 saturated heterocycles. The average molecular weight is 280 g/mol. The van der Waals surface area contributed by atoms with Gasteiger partial charge in [0.2, 0.25) is 0 Å². The molecule has 0 aliphatic heterocycles. The first kappa shape index (κ1) is 11.4. The molecule has 0 unspecified atom stereocenters. The Kier molecular flexibility index (Phi) is 2.31. The lowest BCUT2D eigenvalue weighted by Crippen LogP contribution is -1.96. The largest absolute Gasteiger partial charge is 0.399 e. The van der Waals surface area contributed by atoms with Crippen molar-refractivity contribution in [3.63, 3.8) is 0 Å². The second-order valence-corrected chi connectivity index (χ2v) is 5.63. The predicted octanol–water partition coefficient (Wildman–Crippen LogP) is 3.53. The number of nitrogens with two attached hydrogens (primary N) is 1. The van der Waals surface area contributed by atoms with Crippen molar-refractivity contribution in [2.24, 2.45) is 0 Å². The maximum atomic E-state index is 5.83. The van der Waals surface area contributed by atoms with Gasteiger partial charge in [-0.15, -0.1) is 11.3 Å². The molecule has 0 atom stereocenters. The Balaban J connectivity index is 2.03. The fourth-order valence-corrected chi connectivity index (χ4v) is 3.24. The number of nitrogens with zero attached hydrogens (tertiary/aromatic N) is 3. The third-order valence-electron chi connectivity index (χ3n) is 3.42. The minimum absolute atomic E-state index is 0.736. The lowest BCUT2D eigenvalue weighted by Gasteiger charge is -2.07. The number of rotatable bonds is 1. The molecule has 0 aliphatic carbocycles. The zero-order valence-corrected chi connectivity index (χ0v) is 11.7. The maximum Gasteiger partial charge on any atom is 0.111 e. The number of aromatic nitrogens is 3. The van der Waals surface area contributed by atoms with Gasteiger partial charge in [-0.2, -0.15) is 0 Å². The van der Waals surface area contributed by atoms with Crippen molar-refractivity contribution in [2.75, 3.05) is 5.73 Å². The van der Waals surface area contributed by atoms with Crippen molar-refractivity contribution >= 4 is 38.3 Å². The van der Waals surface area contributed by atoms with Gasteiger partial charge in [0.1, 0.15) is 5.82 Å². The normalized spacial score (nSPS) is 11.4. The quantitative estimate of drug-likeness (QED) is 0.543. The highest BCUT2D eigenvalue weighted by Crippen LogP contribution is 2.26. The SMILES string of the molecule is Cc1nc2cc(N)ccc2n1-c1ccc2ncsc2c1. The second-order valence-electron chi connectivity index (χ2n) is 4.75. The van der Waals surface area contributed by atoms with Gasteiger partial charge in [-0.05, 0) is 43.3 Å². The van der Waals surface area contributed by atoms with Crippen LogP contribution in [0.4, 0.5) is 5.69 Å². The molecule has 2 aromatic heterocycles. The molecule has 98 valence electrons. The highest BCUT2D eigenvalue weighted by Gasteiger charge is 2.10. The van der Waals surface area contributed by atoms with Crippen LogP contribution in [0.3, 0.4) is 0 Å². The Bertz CT molecular complexity index is 936. The molecule has 4 rings (SSSR count). The lowest BCUT2D eigenvalue weighted by atomic mass is 10.2. The van der Waals surface area contributed by atoms with Crippen molar-refractivity contribution in [3.8, 4) is 5.69 Å². The summed E-state index contributed by atoms with van der Waals surface area (Å²) in [5.41, 5.74) is 12.6. The third-order valence-corrected chi connectivity index (χ3v) is 4.21. The monoisotopic (exact) mass is 280 g/mol. The minimum atomic E-state index is 0.736. The van der Waals surface area contributed by atoms with Gasteiger partial charge in [0.25, 0.3) is 0 Å². The summed E-state index contributed by atoms with van der Waals surface area (Å²) in [5, 5.41) is 0. The van der Waals surface area contributed by atoms with E-state index in [9.17, 15) is 0 Å². The van der Waals surface area contributed by atoms with Crippen molar-refractivity contribution in [3.05, 3.63) is 47.7 Å². The van der Waals surface area contributed by atoms with Gasteiger partial charge in [-0.1, -0.05) is 0 Å². The summed E-state index contributed by atoms with van der Waals surface area (Å²) < 4.78 is 3.33. The molecule has 0 fully saturated rings. The Labute approximate surface area is 119 Å². The van der Waals surface area contributed by atoms with Crippen LogP contribution in [0, 0.1) is 6.92 Å². The van der Waals surface area contributed by atoms with Crippen LogP contribution >= 0.6 is 11.3 Å². The summed E-state index contributed by atoms with van der Waals surface area (Å²) in [6, 6.07) is 12.1. The number of nitrogen functional groups attached to an aromatic ring is 1. The van der Waals surface area contributed by atoms with E-state index in [2.05, 4.69) is 26.7 Å². The Morgan fingerprint density at radius 1 is 1.10 bits per heavy atom. The molecule has 5 heteroatoms. The van der Waals surface area contributed by atoms with Gasteiger partial charge in [-0.3, -0.25) is 4.57 Å². The molecule has 20 heavy (non-hydrogen) atoms. The van der Waals surface area contributed by atoms with Gasteiger partial charge in [0, 0.05) is 11.4 Å². The number of anilines is 1. The maximum absolute atomic E-state index is 5.83. The molecule has 2 N–H and O–H groups in total. The number of fused-ring (bicyclic) bond motifs is 2. The molecular formula is C15H12N4S. The summed E-state index contributed by atoms with van der Waals surface area (Å²) in [4.78, 5) is 8.90. The molecule has 4 aromatic rings. The standard InChI is InChI=1S/C15H12N4S/c1-9-18-13-6-10(16)2-5-14(13)19(9)11-3-4-12-15(7-11)20-8-17-12/h2-8H,16H2,1H3. The first-order valence-corrected chi connectivity index (χ1v) is 7.18. The highest BCUT2D eigenvalue weighted by molar-refractivity contribution is 7.16. The smallest absolute Gasteiger partial charge is 0.111 e. The number of hydrogen-bond donors (Lipinski definition) is 1. The molecule has 0 radical (unpaired) electrons. The average Bonchev–Trinajstić information content (AvgIpc) is 3.00. The molecule has 0 spiro atoms. The molecule has 0 aliphatic rings. The lowest BCUT2D eigenvalue weighted by molar-refractivity contribution is 1.00. The van der Waals surface area contributed by atoms with E-state index in [0.29, 0.717) is 0 Å². The van der Waals surface area contributed by atoms with E-state index in [1.165, 1.54) is 4.70 Å². The molecule has 0 amide bonds. The molecule has 0 bridgehead atoms. The first-order valence-electron chi connectivity index (χ1n) is 6.30. The molecule has 0 saturated carbocycles. The third kappa shape index (κ3) is 1.60. The fourth-order valence-electron chi connectivity index (χ4n) is 2.53. The summed E-state index contributed by atoms with van der Waals surface area (Å²) in [6.45, 7) is 2.01. The zero-order chi connectivity index (χ0) is 13.7. The van der Waals surface area contributed by atoms with Crippen LogP contribution < -0.4 is 5.73 Å². The van der Waals surface area contributed by atoms with Crippen LogP contribution in [-0.4, -0.2) is 14.5 Å². The van der Waals surface area contributed by atoms with E-state index in [1.54, 1.807) is 11.3 Å². The second kappa shape index (κ2) is 4.05. The van der Waals surface area contributed by atoms with Crippen molar-refractivity contribution < 1.29 is 0 Å². The Hall–Kier alpha value is -2.40. The van der Waals surface area contributed by atoms with E-state index >= 15 is 0 Å². The first-order chi connectivity index (χ1) is 9.72. The zero-order valence-electron chi connectivity index (χ0n) is 10.9. The van der Waals surface area contributed by atoms with Gasteiger partial charge < -0.3 is 5.73 Å². The molecule has 2 aromatic carbocycles. The topological polar surface area (TPSA) is 56.7 Å². The Morgan fingerprint density at radius 3 is 2.90 bits per heavy atom. The van der Waals surface area contributed by atoms with E-state index in [0.717, 1.165) is 33.7 Å². The number of hydrogen-bond acceptors (Lipinski definition) is 4. The number of imidazole rings is 1. The van der Waals surface area contributed by atoms with Crippen LogP contribution in [0.5, 0.6) is 0 Å². The number of benzene rings is 2. The van der Waals surface area contributed by atoms with E-state index in [4.69, 9.17) is 5.73 Å². The highest BCUT2D eigenvalue weighted by atomic mass is 32.1. The van der Waals surface area contributed by atoms with Gasteiger partial charge in [0.05, 0.1) is 26.8 Å². The van der Waals surface area contributed by atoms with Crippen molar-refractivity contribution in [2.45, 2.75) is 6.92 Å². The molecule has 2 heterocycles. The van der Waals surface area contributed by atoms with Crippen LogP contribution in [0.25, 0.3) is 26.9 Å². The summed E-state index contributed by atoms with van der Waals surface area (Å²) in [6.07, 6.45) is 0. The van der Waals surface area contributed by atoms with Crippen LogP contribution in [-0.2, 0) is 0 Å². The van der Waals surface area contributed by atoms with Crippen molar-refractivity contribution in [1.82, 2.24) is 14.5 Å². The van der Waals surface area contributed by atoms with Crippen LogP contribution in [0.2, 0.25) is 0 Å². The summed E-state index contributed by atoms with van der Waals surface area (Å²) in [5.74, 6) is 0.953. The number of aryl methyl sites for hydroxylation is 1. The van der Waals surface area contributed by atoms with Crippen LogP contribution in [0.15, 0.2) is 41.9 Å². The molecular weight excluding hydrogens is 268 g/mol. The predicted molar refractivity (Wildman–Crippen MR) is 83.4 cm³/mol. The fraction of sp³-hybridized carbons (Fsp3) is 0.0667. The van der Waals surface area contributed by atoms with E-state index < -0.39 is 0 Å². The number of thiazole rings is 1. The Morgan fingerprint density at radius 2 is 2.00 bits per heavy atom. The van der Waals surface area contributed by atoms with E-state index in [-0.39, 0.29) is 0 Å². The van der Waals surface area contributed by atoms with Crippen LogP contribution in [0.1, 0.15) is 5.82 Å². The van der Waals surface area contributed by atoms with E-state index in [1.807, 2.05) is 36.7 Å². The summed E-state index contributed by atoms with van der Waals surface area (Å²) >= 11 is 1.65.